The van der Waals surface area contributed by atoms with Crippen LogP contribution < -0.4 is 5.32 Å². The van der Waals surface area contributed by atoms with Crippen molar-refractivity contribution >= 4 is 16.5 Å². The van der Waals surface area contributed by atoms with Crippen LogP contribution in [0.5, 0.6) is 0 Å². The summed E-state index contributed by atoms with van der Waals surface area (Å²) in [6.45, 7) is 1.85. The molecule has 0 bridgehead atoms. The molecule has 1 N–H and O–H groups in total. The Balaban J connectivity index is 1.59. The number of aryl methyl sites for hydroxylation is 2. The van der Waals surface area contributed by atoms with Gasteiger partial charge in [-0.25, -0.2) is 4.98 Å². The molecule has 88 valence electrons. The van der Waals surface area contributed by atoms with Crippen LogP contribution in [0.25, 0.3) is 0 Å². The van der Waals surface area contributed by atoms with Crippen LogP contribution in [-0.4, -0.2) is 24.2 Å². The second-order valence-electron chi connectivity index (χ2n) is 4.61. The minimum Gasteiger partial charge on any atom is -0.376 e. The van der Waals surface area contributed by atoms with Crippen molar-refractivity contribution < 1.29 is 4.74 Å². The first-order valence-corrected chi connectivity index (χ1v) is 7.07. The summed E-state index contributed by atoms with van der Waals surface area (Å²) in [5.41, 5.74) is 1.34. The van der Waals surface area contributed by atoms with E-state index in [1.807, 2.05) is 11.3 Å². The third-order valence-electron chi connectivity index (χ3n) is 3.35. The van der Waals surface area contributed by atoms with Crippen molar-refractivity contribution in [3.05, 3.63) is 10.6 Å². The number of ether oxygens (including phenoxy) is 1. The van der Waals surface area contributed by atoms with Crippen molar-refractivity contribution in [3.63, 3.8) is 0 Å². The zero-order valence-electron chi connectivity index (χ0n) is 9.50. The Bertz CT molecular complexity index is 334. The summed E-state index contributed by atoms with van der Waals surface area (Å²) in [4.78, 5) is 6.16. The summed E-state index contributed by atoms with van der Waals surface area (Å²) >= 11 is 1.84. The Kier molecular flexibility index (Phi) is 3.11. The molecule has 2 heterocycles. The monoisotopic (exact) mass is 238 g/mol. The van der Waals surface area contributed by atoms with Crippen molar-refractivity contribution in [2.75, 3.05) is 18.5 Å². The first-order valence-electron chi connectivity index (χ1n) is 6.26. The normalized spacial score (nSPS) is 24.4. The number of nitrogens with one attached hydrogen (secondary N) is 1. The number of nitrogens with zero attached hydrogens (tertiary/aromatic N) is 1. The van der Waals surface area contributed by atoms with Gasteiger partial charge in [0.15, 0.2) is 5.13 Å². The number of rotatable bonds is 3. The molecule has 0 unspecified atom stereocenters. The van der Waals surface area contributed by atoms with Crippen LogP contribution in [0, 0.1) is 0 Å². The van der Waals surface area contributed by atoms with Crippen LogP contribution in [0.2, 0.25) is 0 Å². The third kappa shape index (κ3) is 2.23. The summed E-state index contributed by atoms with van der Waals surface area (Å²) in [6, 6.07) is 0. The van der Waals surface area contributed by atoms with E-state index in [1.165, 1.54) is 49.1 Å². The van der Waals surface area contributed by atoms with Gasteiger partial charge in [-0.15, -0.1) is 11.3 Å². The summed E-state index contributed by atoms with van der Waals surface area (Å²) in [6.07, 6.45) is 7.85. The van der Waals surface area contributed by atoms with E-state index in [2.05, 4.69) is 10.3 Å². The molecule has 0 aromatic carbocycles. The topological polar surface area (TPSA) is 34.1 Å². The second-order valence-corrected chi connectivity index (χ2v) is 5.70. The van der Waals surface area contributed by atoms with Crippen LogP contribution in [0.3, 0.4) is 0 Å². The zero-order chi connectivity index (χ0) is 10.8. The van der Waals surface area contributed by atoms with E-state index < -0.39 is 0 Å². The van der Waals surface area contributed by atoms with Gasteiger partial charge in [0.05, 0.1) is 11.8 Å². The maximum atomic E-state index is 5.59. The van der Waals surface area contributed by atoms with E-state index >= 15 is 0 Å². The molecule has 1 aliphatic carbocycles. The van der Waals surface area contributed by atoms with Crippen molar-refractivity contribution in [2.45, 2.75) is 44.6 Å². The average Bonchev–Trinajstić information content (AvgIpc) is 2.95. The molecular weight excluding hydrogens is 220 g/mol. The molecule has 2 aliphatic rings. The predicted octanol–water partition coefficient (Wildman–Crippen LogP) is 2.61. The van der Waals surface area contributed by atoms with Crippen molar-refractivity contribution in [2.24, 2.45) is 0 Å². The molecule has 1 atom stereocenters. The standard InChI is InChI=1S/C12H18N2OS/c1-2-6-11-10(5-1)14-12(16-11)13-8-9-4-3-7-15-9/h9H,1-8H2,(H,13,14)/t9-/m1/s1. The number of fused-ring (bicyclic) bond motifs is 1. The Labute approximate surface area is 100 Å². The molecule has 0 radical (unpaired) electrons. The van der Waals surface area contributed by atoms with Crippen LogP contribution in [0.1, 0.15) is 36.3 Å². The van der Waals surface area contributed by atoms with E-state index in [0.29, 0.717) is 6.10 Å². The van der Waals surface area contributed by atoms with Crippen LogP contribution in [-0.2, 0) is 17.6 Å². The van der Waals surface area contributed by atoms with Crippen LogP contribution >= 0.6 is 11.3 Å². The SMILES string of the molecule is C1CCc2sc(NC[C@H]3CCCO3)nc2C1. The molecular formula is C12H18N2OS. The third-order valence-corrected chi connectivity index (χ3v) is 4.47. The van der Waals surface area contributed by atoms with Gasteiger partial charge in [0.25, 0.3) is 0 Å². The van der Waals surface area contributed by atoms with Gasteiger partial charge >= 0.3 is 0 Å². The molecule has 1 aromatic heterocycles. The molecule has 4 heteroatoms. The molecule has 16 heavy (non-hydrogen) atoms. The van der Waals surface area contributed by atoms with E-state index in [1.54, 1.807) is 0 Å². The Morgan fingerprint density at radius 2 is 2.25 bits per heavy atom. The van der Waals surface area contributed by atoms with E-state index in [4.69, 9.17) is 4.74 Å². The fraction of sp³-hybridized carbons (Fsp3) is 0.750. The van der Waals surface area contributed by atoms with Gasteiger partial charge < -0.3 is 10.1 Å². The van der Waals surface area contributed by atoms with Crippen molar-refractivity contribution in [1.82, 2.24) is 4.98 Å². The molecule has 0 spiro atoms. The van der Waals surface area contributed by atoms with Crippen molar-refractivity contribution in [1.29, 1.82) is 0 Å². The highest BCUT2D eigenvalue weighted by molar-refractivity contribution is 7.15. The van der Waals surface area contributed by atoms with Gasteiger partial charge in [0.1, 0.15) is 0 Å². The minimum absolute atomic E-state index is 0.404. The van der Waals surface area contributed by atoms with Gasteiger partial charge in [-0.3, -0.25) is 0 Å². The number of aromatic nitrogens is 1. The lowest BCUT2D eigenvalue weighted by atomic mass is 10.0. The first kappa shape index (κ1) is 10.5. The summed E-state index contributed by atoms with van der Waals surface area (Å²) in [5, 5.41) is 4.53. The number of hydrogen-bond acceptors (Lipinski definition) is 4. The molecule has 1 aromatic rings. The Morgan fingerprint density at radius 3 is 3.06 bits per heavy atom. The van der Waals surface area contributed by atoms with Gasteiger partial charge in [-0.05, 0) is 38.5 Å². The van der Waals surface area contributed by atoms with Gasteiger partial charge in [-0.1, -0.05) is 0 Å². The highest BCUT2D eigenvalue weighted by Gasteiger charge is 2.18. The smallest absolute Gasteiger partial charge is 0.183 e. The molecule has 3 rings (SSSR count). The second kappa shape index (κ2) is 4.72. The fourth-order valence-electron chi connectivity index (χ4n) is 2.43. The van der Waals surface area contributed by atoms with Crippen LogP contribution in [0.15, 0.2) is 0 Å². The number of anilines is 1. The number of thiazole rings is 1. The van der Waals surface area contributed by atoms with Crippen molar-refractivity contribution in [3.8, 4) is 0 Å². The summed E-state index contributed by atoms with van der Waals surface area (Å²) in [5.74, 6) is 0. The maximum absolute atomic E-state index is 5.59. The molecule has 1 aliphatic heterocycles. The Morgan fingerprint density at radius 1 is 1.31 bits per heavy atom. The summed E-state index contributed by atoms with van der Waals surface area (Å²) in [7, 11) is 0. The van der Waals surface area contributed by atoms with Gasteiger partial charge in [-0.2, -0.15) is 0 Å². The first-order chi connectivity index (χ1) is 7.92. The van der Waals surface area contributed by atoms with E-state index in [0.717, 1.165) is 18.3 Å². The average molecular weight is 238 g/mol. The van der Waals surface area contributed by atoms with Crippen LogP contribution in [0.4, 0.5) is 5.13 Å². The lowest BCUT2D eigenvalue weighted by molar-refractivity contribution is 0.120. The fourth-order valence-corrected chi connectivity index (χ4v) is 3.49. The summed E-state index contributed by atoms with van der Waals surface area (Å²) < 4.78 is 5.59. The van der Waals surface area contributed by atoms with Gasteiger partial charge in [0, 0.05) is 18.0 Å². The quantitative estimate of drug-likeness (QED) is 0.879. The minimum atomic E-state index is 0.404. The van der Waals surface area contributed by atoms with E-state index in [9.17, 15) is 0 Å². The molecule has 0 amide bonds. The number of hydrogen-bond donors (Lipinski definition) is 1. The zero-order valence-corrected chi connectivity index (χ0v) is 10.3. The maximum Gasteiger partial charge on any atom is 0.183 e. The molecule has 0 saturated carbocycles. The lowest BCUT2D eigenvalue weighted by Gasteiger charge is -2.08. The largest absolute Gasteiger partial charge is 0.376 e. The Hall–Kier alpha value is -0.610. The van der Waals surface area contributed by atoms with Gasteiger partial charge in [0.2, 0.25) is 0 Å². The molecule has 1 saturated heterocycles. The highest BCUT2D eigenvalue weighted by atomic mass is 32.1. The predicted molar refractivity (Wildman–Crippen MR) is 66.2 cm³/mol. The highest BCUT2D eigenvalue weighted by Crippen LogP contribution is 2.29. The molecule has 1 fully saturated rings. The molecule has 3 nitrogen and oxygen atoms in total. The van der Waals surface area contributed by atoms with E-state index in [-0.39, 0.29) is 0 Å². The lowest BCUT2D eigenvalue weighted by Crippen LogP contribution is -2.18.